The lowest BCUT2D eigenvalue weighted by molar-refractivity contribution is 0.474. The number of benzene rings is 3. The normalized spacial score (nSPS) is 12.1. The highest BCUT2D eigenvalue weighted by atomic mass is 35.5. The van der Waals surface area contributed by atoms with Gasteiger partial charge in [-0.25, -0.2) is 13.4 Å². The Hall–Kier alpha value is -3.13. The van der Waals surface area contributed by atoms with Crippen molar-refractivity contribution in [2.45, 2.75) is 17.2 Å². The summed E-state index contributed by atoms with van der Waals surface area (Å²) in [5, 5.41) is 11.0. The summed E-state index contributed by atoms with van der Waals surface area (Å²) in [6.07, 6.45) is 3.30. The lowest BCUT2D eigenvalue weighted by Gasteiger charge is -2.12. The number of H-pyrrole nitrogens is 1. The molecule has 0 aliphatic rings. The van der Waals surface area contributed by atoms with Crippen LogP contribution in [-0.4, -0.2) is 29.2 Å². The first-order chi connectivity index (χ1) is 15.8. The van der Waals surface area contributed by atoms with E-state index in [0.29, 0.717) is 33.2 Å². The van der Waals surface area contributed by atoms with Gasteiger partial charge in [-0.05, 0) is 29.8 Å². The Morgan fingerprint density at radius 2 is 1.76 bits per heavy atom. The van der Waals surface area contributed by atoms with E-state index in [1.165, 1.54) is 18.2 Å². The average Bonchev–Trinajstić information content (AvgIpc) is 3.31. The summed E-state index contributed by atoms with van der Waals surface area (Å²) in [5.74, 6) is 0.360. The summed E-state index contributed by atoms with van der Waals surface area (Å²) in [5.41, 5.74) is 2.04. The number of phenolic OH excluding ortho intramolecular Hbond substituents is 1. The topological polar surface area (TPSA) is 95.4 Å². The number of aliphatic imine (C=N–C) groups is 1. The highest BCUT2D eigenvalue weighted by Gasteiger charge is 2.19. The predicted molar refractivity (Wildman–Crippen MR) is 130 cm³/mol. The summed E-state index contributed by atoms with van der Waals surface area (Å²) in [4.78, 5) is 11.9. The van der Waals surface area contributed by atoms with Crippen molar-refractivity contribution >= 4 is 38.8 Å². The summed E-state index contributed by atoms with van der Waals surface area (Å²) >= 11 is 12.3. The highest BCUT2D eigenvalue weighted by molar-refractivity contribution is 7.90. The Balaban J connectivity index is 1.71. The summed E-state index contributed by atoms with van der Waals surface area (Å²) in [6, 6.07) is 18.3. The van der Waals surface area contributed by atoms with Gasteiger partial charge in [0, 0.05) is 28.5 Å². The molecule has 9 heteroatoms. The summed E-state index contributed by atoms with van der Waals surface area (Å²) in [7, 11) is -3.54. The Kier molecular flexibility index (Phi) is 6.83. The van der Waals surface area contributed by atoms with Crippen molar-refractivity contribution in [2.75, 3.05) is 0 Å². The van der Waals surface area contributed by atoms with E-state index in [4.69, 9.17) is 23.2 Å². The first-order valence-electron chi connectivity index (χ1n) is 9.92. The van der Waals surface area contributed by atoms with E-state index in [-0.39, 0.29) is 28.0 Å². The van der Waals surface area contributed by atoms with Gasteiger partial charge in [-0.2, -0.15) is 0 Å². The largest absolute Gasteiger partial charge is 0.506 e. The molecule has 1 heterocycles. The third-order valence-corrected chi connectivity index (χ3v) is 7.12. The van der Waals surface area contributed by atoms with E-state index in [0.717, 1.165) is 0 Å². The fourth-order valence-corrected chi connectivity index (χ4v) is 5.16. The number of sulfone groups is 1. The van der Waals surface area contributed by atoms with Crippen LogP contribution in [0.1, 0.15) is 22.5 Å². The van der Waals surface area contributed by atoms with Crippen LogP contribution >= 0.6 is 23.2 Å². The summed E-state index contributed by atoms with van der Waals surface area (Å²) < 4.78 is 25.7. The van der Waals surface area contributed by atoms with E-state index in [2.05, 4.69) is 15.0 Å². The molecule has 0 aliphatic heterocycles. The zero-order valence-electron chi connectivity index (χ0n) is 17.2. The Bertz CT molecular complexity index is 1390. The average molecular weight is 500 g/mol. The van der Waals surface area contributed by atoms with Crippen LogP contribution in [0, 0.1) is 0 Å². The zero-order valence-corrected chi connectivity index (χ0v) is 19.6. The fraction of sp³-hybridized carbons (Fsp3) is 0.0833. The highest BCUT2D eigenvalue weighted by Crippen LogP contribution is 2.33. The molecule has 0 unspecified atom stereocenters. The smallest absolute Gasteiger partial charge is 0.182 e. The second-order valence-electron chi connectivity index (χ2n) is 7.25. The van der Waals surface area contributed by atoms with Crippen molar-refractivity contribution in [1.29, 1.82) is 0 Å². The van der Waals surface area contributed by atoms with E-state index in [1.54, 1.807) is 54.9 Å². The molecule has 6 nitrogen and oxygen atoms in total. The lowest BCUT2D eigenvalue weighted by Crippen LogP contribution is -2.08. The van der Waals surface area contributed by atoms with E-state index < -0.39 is 9.84 Å². The SMILES string of the molecule is O=S(=O)(Cc1ccccc1)c1ccc(/C(=N\Cc2ncc[nH]2)c2cc(Cl)cc(Cl)c2O)cc1. The number of phenols is 1. The van der Waals surface area contributed by atoms with Crippen LogP contribution in [0.25, 0.3) is 0 Å². The van der Waals surface area contributed by atoms with Crippen LogP contribution in [-0.2, 0) is 22.1 Å². The molecule has 168 valence electrons. The molecule has 0 bridgehead atoms. The minimum Gasteiger partial charge on any atom is -0.506 e. The van der Waals surface area contributed by atoms with Crippen molar-refractivity contribution in [3.63, 3.8) is 0 Å². The molecule has 2 N–H and O–H groups in total. The second-order valence-corrected chi connectivity index (χ2v) is 10.1. The number of aromatic nitrogens is 2. The number of nitrogens with one attached hydrogen (secondary N) is 1. The lowest BCUT2D eigenvalue weighted by atomic mass is 10.0. The minimum absolute atomic E-state index is 0.0882. The van der Waals surface area contributed by atoms with Gasteiger partial charge in [0.1, 0.15) is 11.6 Å². The molecular weight excluding hydrogens is 481 g/mol. The number of rotatable bonds is 7. The van der Waals surface area contributed by atoms with Crippen LogP contribution in [0.5, 0.6) is 5.75 Å². The molecule has 0 radical (unpaired) electrons. The molecule has 0 aliphatic carbocycles. The molecule has 0 fully saturated rings. The maximum absolute atomic E-state index is 12.9. The van der Waals surface area contributed by atoms with Gasteiger partial charge in [-0.15, -0.1) is 0 Å². The van der Waals surface area contributed by atoms with E-state index in [9.17, 15) is 13.5 Å². The molecule has 33 heavy (non-hydrogen) atoms. The first kappa shape index (κ1) is 23.0. The van der Waals surface area contributed by atoms with E-state index >= 15 is 0 Å². The minimum atomic E-state index is -3.54. The second kappa shape index (κ2) is 9.79. The molecule has 0 spiro atoms. The van der Waals surface area contributed by atoms with Crippen molar-refractivity contribution < 1.29 is 13.5 Å². The maximum atomic E-state index is 12.9. The van der Waals surface area contributed by atoms with Crippen molar-refractivity contribution in [1.82, 2.24) is 9.97 Å². The van der Waals surface area contributed by atoms with Gasteiger partial charge < -0.3 is 10.1 Å². The fourth-order valence-electron chi connectivity index (χ4n) is 3.31. The van der Waals surface area contributed by atoms with Gasteiger partial charge in [0.2, 0.25) is 0 Å². The van der Waals surface area contributed by atoms with Crippen LogP contribution < -0.4 is 0 Å². The third kappa shape index (κ3) is 5.45. The predicted octanol–water partition coefficient (Wildman–Crippen LogP) is 5.43. The maximum Gasteiger partial charge on any atom is 0.182 e. The molecule has 4 rings (SSSR count). The monoisotopic (exact) mass is 499 g/mol. The molecule has 0 amide bonds. The Morgan fingerprint density at radius 3 is 2.42 bits per heavy atom. The van der Waals surface area contributed by atoms with E-state index in [1.807, 2.05) is 6.07 Å². The van der Waals surface area contributed by atoms with Gasteiger partial charge >= 0.3 is 0 Å². The molecular formula is C24H19Cl2N3O3S. The van der Waals surface area contributed by atoms with Crippen LogP contribution in [0.15, 0.2) is 89.0 Å². The van der Waals surface area contributed by atoms with Crippen molar-refractivity contribution in [3.05, 3.63) is 112 Å². The number of imidazole rings is 1. The number of hydrogen-bond donors (Lipinski definition) is 2. The summed E-state index contributed by atoms with van der Waals surface area (Å²) in [6.45, 7) is 0.208. The molecule has 1 aromatic heterocycles. The molecule has 0 atom stereocenters. The zero-order chi connectivity index (χ0) is 23.4. The Morgan fingerprint density at radius 1 is 1.03 bits per heavy atom. The number of aromatic amines is 1. The number of halogens is 2. The van der Waals surface area contributed by atoms with Gasteiger partial charge in [-0.3, -0.25) is 4.99 Å². The Labute approximate surface area is 201 Å². The molecule has 0 saturated heterocycles. The number of nitrogens with zero attached hydrogens (tertiary/aromatic N) is 2. The van der Waals surface area contributed by atoms with Crippen LogP contribution in [0.3, 0.4) is 0 Å². The molecule has 4 aromatic rings. The molecule has 0 saturated carbocycles. The number of aromatic hydroxyl groups is 1. The van der Waals surface area contributed by atoms with Crippen molar-refractivity contribution in [3.8, 4) is 5.75 Å². The third-order valence-electron chi connectivity index (χ3n) is 4.91. The van der Waals surface area contributed by atoms with Gasteiger partial charge in [0.15, 0.2) is 9.84 Å². The number of hydrogen-bond acceptors (Lipinski definition) is 5. The van der Waals surface area contributed by atoms with Crippen molar-refractivity contribution in [2.24, 2.45) is 4.99 Å². The first-order valence-corrected chi connectivity index (χ1v) is 12.3. The van der Waals surface area contributed by atoms with Gasteiger partial charge in [-0.1, -0.05) is 65.7 Å². The molecule has 3 aromatic carbocycles. The van der Waals surface area contributed by atoms with Crippen LogP contribution in [0.4, 0.5) is 0 Å². The quantitative estimate of drug-likeness (QED) is 0.331. The van der Waals surface area contributed by atoms with Crippen LogP contribution in [0.2, 0.25) is 10.0 Å². The standard InChI is InChI=1S/C24H19Cl2N3O3S/c25-18-12-20(24(30)21(26)13-18)23(29-14-22-27-10-11-28-22)17-6-8-19(9-7-17)33(31,32)15-16-4-2-1-3-5-16/h1-13,30H,14-15H2,(H,27,28)/b29-23+. The van der Waals surface area contributed by atoms with Gasteiger partial charge in [0.05, 0.1) is 27.9 Å². The van der Waals surface area contributed by atoms with Gasteiger partial charge in [0.25, 0.3) is 0 Å².